The number of esters is 1. The first-order chi connectivity index (χ1) is 8.95. The fourth-order valence-electron chi connectivity index (χ4n) is 1.18. The lowest BCUT2D eigenvalue weighted by molar-refractivity contribution is -0.744. The Balaban J connectivity index is 2.93. The number of carbonyl (C=O) groups excluding carboxylic acids is 1. The molecule has 0 spiro atoms. The molecule has 0 bridgehead atoms. The van der Waals surface area contributed by atoms with Crippen molar-refractivity contribution in [3.8, 4) is 0 Å². The van der Waals surface area contributed by atoms with Gasteiger partial charge in [0.05, 0.1) is 15.5 Å². The molecule has 0 radical (unpaired) electrons. The van der Waals surface area contributed by atoms with E-state index >= 15 is 0 Å². The lowest BCUT2D eigenvalue weighted by atomic mass is 10.2. The molecule has 102 valence electrons. The number of nitrogens with zero attached hydrogens (tertiary/aromatic N) is 1. The van der Waals surface area contributed by atoms with Crippen molar-refractivity contribution in [2.24, 2.45) is 0 Å². The van der Waals surface area contributed by atoms with Gasteiger partial charge in [0, 0.05) is 12.1 Å². The van der Waals surface area contributed by atoms with Gasteiger partial charge in [-0.3, -0.25) is 0 Å². The number of hydrogen-bond donors (Lipinski definition) is 1. The summed E-state index contributed by atoms with van der Waals surface area (Å²) in [4.78, 5) is 38.2. The van der Waals surface area contributed by atoms with Crippen LogP contribution in [0.25, 0.3) is 0 Å². The Bertz CT molecular complexity index is 516. The van der Waals surface area contributed by atoms with Crippen molar-refractivity contribution in [1.82, 2.24) is 0 Å². The van der Waals surface area contributed by atoms with Crippen LogP contribution < -0.4 is 0 Å². The molecule has 0 saturated heterocycles. The molecular formula is C11H11ClNO6+. The predicted molar refractivity (Wildman–Crippen MR) is 64.3 cm³/mol. The SMILES string of the molecule is CCO[N+](=O)c1ccc(Cl)c(C(=O)OCC(=O)O)c1. The minimum Gasteiger partial charge on any atom is -0.479 e. The van der Waals surface area contributed by atoms with Crippen LogP contribution in [0.5, 0.6) is 0 Å². The van der Waals surface area contributed by atoms with Gasteiger partial charge >= 0.3 is 17.6 Å². The van der Waals surface area contributed by atoms with Crippen molar-refractivity contribution in [3.05, 3.63) is 33.7 Å². The molecule has 19 heavy (non-hydrogen) atoms. The van der Waals surface area contributed by atoms with Gasteiger partial charge in [-0.15, -0.1) is 0 Å². The Labute approximate surface area is 113 Å². The van der Waals surface area contributed by atoms with Crippen LogP contribution in [0.2, 0.25) is 5.02 Å². The quantitative estimate of drug-likeness (QED) is 0.635. The highest BCUT2D eigenvalue weighted by atomic mass is 35.5. The van der Waals surface area contributed by atoms with Crippen LogP contribution in [0.3, 0.4) is 0 Å². The Morgan fingerprint density at radius 2 is 2.11 bits per heavy atom. The summed E-state index contributed by atoms with van der Waals surface area (Å²) >= 11 is 5.78. The summed E-state index contributed by atoms with van der Waals surface area (Å²) < 4.78 is 4.48. The van der Waals surface area contributed by atoms with Gasteiger partial charge in [0.15, 0.2) is 13.2 Å². The Hall–Kier alpha value is -2.15. The molecule has 0 aromatic heterocycles. The van der Waals surface area contributed by atoms with E-state index in [-0.39, 0.29) is 27.8 Å². The van der Waals surface area contributed by atoms with Gasteiger partial charge in [0.1, 0.15) is 0 Å². The Morgan fingerprint density at radius 1 is 1.42 bits per heavy atom. The van der Waals surface area contributed by atoms with Gasteiger partial charge in [-0.2, -0.15) is 0 Å². The third-order valence-electron chi connectivity index (χ3n) is 1.95. The molecule has 0 amide bonds. The average Bonchev–Trinajstić information content (AvgIpc) is 2.36. The van der Waals surface area contributed by atoms with Crippen LogP contribution in [-0.4, -0.2) is 35.2 Å². The minimum atomic E-state index is -1.29. The topological polar surface area (TPSA) is 92.9 Å². The Kier molecular flexibility index (Phi) is 5.25. The molecule has 0 saturated carbocycles. The second kappa shape index (κ2) is 6.69. The number of carboxylic acid groups (broad SMARTS) is 1. The van der Waals surface area contributed by atoms with Crippen molar-refractivity contribution in [3.63, 3.8) is 0 Å². The lowest BCUT2D eigenvalue weighted by Crippen LogP contribution is -2.14. The predicted octanol–water partition coefficient (Wildman–Crippen LogP) is 1.94. The highest BCUT2D eigenvalue weighted by Crippen LogP contribution is 2.23. The van der Waals surface area contributed by atoms with Gasteiger partial charge in [0.25, 0.3) is 4.92 Å². The molecule has 0 atom stereocenters. The molecule has 1 N–H and O–H groups in total. The number of halogens is 1. The Morgan fingerprint density at radius 3 is 2.68 bits per heavy atom. The zero-order valence-electron chi connectivity index (χ0n) is 9.96. The summed E-state index contributed by atoms with van der Waals surface area (Å²) in [6.45, 7) is 1.000. The van der Waals surface area contributed by atoms with Crippen LogP contribution in [0.4, 0.5) is 5.69 Å². The summed E-state index contributed by atoms with van der Waals surface area (Å²) in [6.07, 6.45) is 0. The fourth-order valence-corrected chi connectivity index (χ4v) is 1.37. The average molecular weight is 289 g/mol. The molecule has 0 fully saturated rings. The summed E-state index contributed by atoms with van der Waals surface area (Å²) in [7, 11) is 0. The van der Waals surface area contributed by atoms with Crippen LogP contribution >= 0.6 is 11.6 Å². The highest BCUT2D eigenvalue weighted by molar-refractivity contribution is 6.33. The van der Waals surface area contributed by atoms with Gasteiger partial charge in [-0.1, -0.05) is 11.6 Å². The van der Waals surface area contributed by atoms with Crippen molar-refractivity contribution < 1.29 is 29.2 Å². The molecule has 0 unspecified atom stereocenters. The van der Waals surface area contributed by atoms with E-state index in [0.29, 0.717) is 0 Å². The van der Waals surface area contributed by atoms with E-state index in [1.807, 2.05) is 0 Å². The van der Waals surface area contributed by atoms with Crippen molar-refractivity contribution in [2.45, 2.75) is 6.92 Å². The van der Waals surface area contributed by atoms with E-state index in [9.17, 15) is 14.5 Å². The number of carboxylic acids is 1. The number of carbonyl (C=O) groups is 2. The highest BCUT2D eigenvalue weighted by Gasteiger charge is 2.21. The second-order valence-corrected chi connectivity index (χ2v) is 3.72. The first-order valence-corrected chi connectivity index (χ1v) is 5.62. The van der Waals surface area contributed by atoms with Crippen molar-refractivity contribution in [1.29, 1.82) is 0 Å². The van der Waals surface area contributed by atoms with E-state index in [1.165, 1.54) is 12.1 Å². The molecule has 1 rings (SSSR count). The van der Waals surface area contributed by atoms with E-state index in [2.05, 4.69) is 9.57 Å². The molecular weight excluding hydrogens is 278 g/mol. The van der Waals surface area contributed by atoms with Crippen molar-refractivity contribution in [2.75, 3.05) is 13.2 Å². The number of ether oxygens (including phenoxy) is 1. The van der Waals surface area contributed by atoms with E-state index < -0.39 is 18.5 Å². The molecule has 8 heteroatoms. The molecule has 0 aliphatic heterocycles. The second-order valence-electron chi connectivity index (χ2n) is 3.31. The maximum Gasteiger partial charge on any atom is 0.341 e. The lowest BCUT2D eigenvalue weighted by Gasteiger charge is -2.03. The van der Waals surface area contributed by atoms with Gasteiger partial charge in [-0.25, -0.2) is 14.4 Å². The normalized spacial score (nSPS) is 9.79. The minimum absolute atomic E-state index is 0.0454. The van der Waals surface area contributed by atoms with Gasteiger partial charge < -0.3 is 9.84 Å². The molecule has 1 aromatic carbocycles. The molecule has 0 aliphatic carbocycles. The summed E-state index contributed by atoms with van der Waals surface area (Å²) in [5.74, 6) is -2.22. The molecule has 1 aromatic rings. The standard InChI is InChI=1S/C11H10ClNO6/c1-2-19-13(17)7-3-4-9(12)8(5-7)11(16)18-6-10(14)15/h3-5H,2,6H2,1H3/p+1. The zero-order valence-corrected chi connectivity index (χ0v) is 10.7. The maximum atomic E-state index is 11.6. The number of hydrogen-bond acceptors (Lipinski definition) is 5. The smallest absolute Gasteiger partial charge is 0.341 e. The van der Waals surface area contributed by atoms with Crippen LogP contribution in [-0.2, 0) is 14.4 Å². The largest absolute Gasteiger partial charge is 0.479 e. The first kappa shape index (κ1) is 14.9. The number of benzene rings is 1. The molecule has 0 heterocycles. The van der Waals surface area contributed by atoms with Crippen LogP contribution in [0.15, 0.2) is 18.2 Å². The van der Waals surface area contributed by atoms with Crippen LogP contribution in [0.1, 0.15) is 17.3 Å². The number of aliphatic carboxylic acids is 1. The van der Waals surface area contributed by atoms with Crippen LogP contribution in [0, 0.1) is 4.91 Å². The summed E-state index contributed by atoms with van der Waals surface area (Å²) in [6, 6.07) is 3.84. The number of rotatable bonds is 6. The van der Waals surface area contributed by atoms with Gasteiger partial charge in [-0.05, 0) is 13.0 Å². The third kappa shape index (κ3) is 4.22. The van der Waals surface area contributed by atoms with Gasteiger partial charge in [0.2, 0.25) is 0 Å². The summed E-state index contributed by atoms with van der Waals surface area (Å²) in [5.41, 5.74) is -0.0607. The van der Waals surface area contributed by atoms with Crippen molar-refractivity contribution >= 4 is 29.2 Å². The van der Waals surface area contributed by atoms with E-state index in [4.69, 9.17) is 16.7 Å². The summed E-state index contributed by atoms with van der Waals surface area (Å²) in [5, 5.41) is 8.45. The van der Waals surface area contributed by atoms with E-state index in [0.717, 1.165) is 6.07 Å². The molecule has 7 nitrogen and oxygen atoms in total. The fraction of sp³-hybridized carbons (Fsp3) is 0.273. The maximum absolute atomic E-state index is 11.6. The monoisotopic (exact) mass is 288 g/mol. The third-order valence-corrected chi connectivity index (χ3v) is 2.28. The molecule has 0 aliphatic rings. The zero-order chi connectivity index (χ0) is 14.4. The first-order valence-electron chi connectivity index (χ1n) is 5.24. The van der Waals surface area contributed by atoms with E-state index in [1.54, 1.807) is 6.92 Å².